The lowest BCUT2D eigenvalue weighted by Crippen LogP contribution is -2.15. The summed E-state index contributed by atoms with van der Waals surface area (Å²) in [6.45, 7) is 0. The third-order valence-corrected chi connectivity index (χ3v) is 4.57. The highest BCUT2D eigenvalue weighted by atomic mass is 35.5. The van der Waals surface area contributed by atoms with E-state index in [1.54, 1.807) is 24.3 Å². The van der Waals surface area contributed by atoms with Crippen LogP contribution in [0.3, 0.4) is 0 Å². The van der Waals surface area contributed by atoms with E-state index >= 15 is 0 Å². The molecule has 0 saturated heterocycles. The first-order chi connectivity index (χ1) is 10.1. The molecular formula is C17H11ClO2S. The van der Waals surface area contributed by atoms with Gasteiger partial charge in [-0.2, -0.15) is 0 Å². The highest BCUT2D eigenvalue weighted by Gasteiger charge is 2.25. The van der Waals surface area contributed by atoms with Crippen molar-refractivity contribution in [2.75, 3.05) is 0 Å². The number of thioether (sulfide) groups is 1. The second-order valence-electron chi connectivity index (χ2n) is 4.66. The van der Waals surface area contributed by atoms with E-state index in [1.165, 1.54) is 17.8 Å². The van der Waals surface area contributed by atoms with Crippen LogP contribution in [0.2, 0.25) is 5.02 Å². The van der Waals surface area contributed by atoms with Gasteiger partial charge in [0, 0.05) is 28.0 Å². The Morgan fingerprint density at radius 3 is 2.29 bits per heavy atom. The Bertz CT molecular complexity index is 748. The summed E-state index contributed by atoms with van der Waals surface area (Å²) in [4.78, 5) is 24.9. The Balaban J connectivity index is 1.79. The van der Waals surface area contributed by atoms with Crippen LogP contribution in [0.1, 0.15) is 26.3 Å². The molecule has 0 amide bonds. The number of fused-ring (bicyclic) bond motifs is 1. The van der Waals surface area contributed by atoms with E-state index in [0.29, 0.717) is 26.8 Å². The molecule has 2 aromatic carbocycles. The lowest BCUT2D eigenvalue weighted by Gasteiger charge is -2.14. The van der Waals surface area contributed by atoms with Gasteiger partial charge in [-0.3, -0.25) is 9.59 Å². The first kappa shape index (κ1) is 14.1. The van der Waals surface area contributed by atoms with E-state index in [9.17, 15) is 9.59 Å². The van der Waals surface area contributed by atoms with Crippen molar-refractivity contribution < 1.29 is 9.59 Å². The van der Waals surface area contributed by atoms with E-state index in [1.807, 2.05) is 24.3 Å². The standard InChI is InChI=1S/C17H11ClO2S/c18-12-7-5-11(6-8-12)10-21-16-9-15(19)13-3-1-2-4-14(13)17(16)20/h1-9H,10H2. The molecule has 0 heterocycles. The minimum absolute atomic E-state index is 0.0795. The highest BCUT2D eigenvalue weighted by Crippen LogP contribution is 2.30. The predicted molar refractivity (Wildman–Crippen MR) is 85.9 cm³/mol. The SMILES string of the molecule is O=C1C=C(SCc2ccc(Cl)cc2)C(=O)c2ccccc21. The second-order valence-corrected chi connectivity index (χ2v) is 6.12. The molecule has 1 aliphatic rings. The van der Waals surface area contributed by atoms with Gasteiger partial charge in [0.2, 0.25) is 0 Å². The Kier molecular flexibility index (Phi) is 3.95. The smallest absolute Gasteiger partial charge is 0.200 e. The molecule has 2 nitrogen and oxygen atoms in total. The Hall–Kier alpha value is -1.84. The molecule has 0 bridgehead atoms. The van der Waals surface area contributed by atoms with Crippen LogP contribution >= 0.6 is 23.4 Å². The number of halogens is 1. The lowest BCUT2D eigenvalue weighted by molar-refractivity contribution is 0.0991. The average Bonchev–Trinajstić information content (AvgIpc) is 2.51. The van der Waals surface area contributed by atoms with Gasteiger partial charge < -0.3 is 0 Å². The van der Waals surface area contributed by atoms with Gasteiger partial charge in [0.15, 0.2) is 11.6 Å². The molecule has 0 radical (unpaired) electrons. The molecule has 0 N–H and O–H groups in total. The first-order valence-electron chi connectivity index (χ1n) is 6.42. The number of ketones is 2. The molecule has 2 aromatic rings. The van der Waals surface area contributed by atoms with Crippen molar-refractivity contribution in [3.05, 3.63) is 81.2 Å². The van der Waals surface area contributed by atoms with Gasteiger partial charge in [-0.15, -0.1) is 11.8 Å². The van der Waals surface area contributed by atoms with Crippen molar-refractivity contribution in [3.8, 4) is 0 Å². The van der Waals surface area contributed by atoms with E-state index in [4.69, 9.17) is 11.6 Å². The minimum Gasteiger partial charge on any atom is -0.289 e. The van der Waals surface area contributed by atoms with Crippen molar-refractivity contribution in [1.29, 1.82) is 0 Å². The molecule has 0 saturated carbocycles. The van der Waals surface area contributed by atoms with Crippen LogP contribution in [0.25, 0.3) is 0 Å². The zero-order chi connectivity index (χ0) is 14.8. The zero-order valence-corrected chi connectivity index (χ0v) is 12.6. The van der Waals surface area contributed by atoms with Gasteiger partial charge in [0.1, 0.15) is 0 Å². The van der Waals surface area contributed by atoms with Gasteiger partial charge in [-0.05, 0) is 17.7 Å². The summed E-state index contributed by atoms with van der Waals surface area (Å²) in [5.74, 6) is 0.442. The van der Waals surface area contributed by atoms with Crippen LogP contribution in [-0.4, -0.2) is 11.6 Å². The fraction of sp³-hybridized carbons (Fsp3) is 0.0588. The highest BCUT2D eigenvalue weighted by molar-refractivity contribution is 8.03. The molecule has 1 aliphatic carbocycles. The van der Waals surface area contributed by atoms with Crippen molar-refractivity contribution in [2.24, 2.45) is 0 Å². The summed E-state index contributed by atoms with van der Waals surface area (Å²) in [5, 5.41) is 0.681. The van der Waals surface area contributed by atoms with E-state index in [0.717, 1.165) is 5.56 Å². The monoisotopic (exact) mass is 314 g/mol. The van der Waals surface area contributed by atoms with Crippen molar-refractivity contribution in [1.82, 2.24) is 0 Å². The van der Waals surface area contributed by atoms with Gasteiger partial charge in [-0.1, -0.05) is 48.0 Å². The van der Waals surface area contributed by atoms with Crippen LogP contribution in [0.4, 0.5) is 0 Å². The maximum absolute atomic E-state index is 12.4. The summed E-state index contributed by atoms with van der Waals surface area (Å²) in [6.07, 6.45) is 1.44. The minimum atomic E-state index is -0.108. The molecule has 0 aliphatic heterocycles. The van der Waals surface area contributed by atoms with Gasteiger partial charge in [-0.25, -0.2) is 0 Å². The Morgan fingerprint density at radius 2 is 1.57 bits per heavy atom. The number of hydrogen-bond acceptors (Lipinski definition) is 3. The third kappa shape index (κ3) is 2.94. The number of benzene rings is 2. The zero-order valence-electron chi connectivity index (χ0n) is 11.0. The fourth-order valence-electron chi connectivity index (χ4n) is 2.14. The third-order valence-electron chi connectivity index (χ3n) is 3.23. The Morgan fingerprint density at radius 1 is 0.905 bits per heavy atom. The van der Waals surface area contributed by atoms with E-state index in [-0.39, 0.29) is 11.6 Å². The number of carbonyl (C=O) groups is 2. The van der Waals surface area contributed by atoms with Crippen molar-refractivity contribution >= 4 is 34.9 Å². The maximum atomic E-state index is 12.4. The predicted octanol–water partition coefficient (Wildman–Crippen LogP) is 4.54. The van der Waals surface area contributed by atoms with Crippen LogP contribution in [0.15, 0.2) is 59.5 Å². The van der Waals surface area contributed by atoms with Gasteiger partial charge >= 0.3 is 0 Å². The van der Waals surface area contributed by atoms with Gasteiger partial charge in [0.25, 0.3) is 0 Å². The largest absolute Gasteiger partial charge is 0.289 e. The molecule has 4 heteroatoms. The van der Waals surface area contributed by atoms with Crippen LogP contribution in [-0.2, 0) is 5.75 Å². The summed E-state index contributed by atoms with van der Waals surface area (Å²) in [7, 11) is 0. The first-order valence-corrected chi connectivity index (χ1v) is 7.78. The normalized spacial score (nSPS) is 13.9. The number of rotatable bonds is 3. The van der Waals surface area contributed by atoms with Crippen molar-refractivity contribution in [3.63, 3.8) is 0 Å². The number of allylic oxidation sites excluding steroid dienone is 2. The van der Waals surface area contributed by atoms with Crippen molar-refractivity contribution in [2.45, 2.75) is 5.75 Å². The van der Waals surface area contributed by atoms with Crippen LogP contribution < -0.4 is 0 Å². The number of Topliss-reactive ketones (excluding diaryl/α,β-unsaturated/α-hetero) is 1. The molecule has 104 valence electrons. The number of carbonyl (C=O) groups excluding carboxylic acids is 2. The fourth-order valence-corrected chi connectivity index (χ4v) is 3.21. The summed E-state index contributed by atoms with van der Waals surface area (Å²) in [6, 6.07) is 14.4. The summed E-state index contributed by atoms with van der Waals surface area (Å²) >= 11 is 7.22. The lowest BCUT2D eigenvalue weighted by atomic mass is 9.95. The summed E-state index contributed by atoms with van der Waals surface area (Å²) in [5.41, 5.74) is 2.03. The molecule has 0 spiro atoms. The van der Waals surface area contributed by atoms with Crippen LogP contribution in [0.5, 0.6) is 0 Å². The van der Waals surface area contributed by atoms with Crippen LogP contribution in [0, 0.1) is 0 Å². The number of hydrogen-bond donors (Lipinski definition) is 0. The molecule has 0 aromatic heterocycles. The molecule has 21 heavy (non-hydrogen) atoms. The Labute approximate surface area is 131 Å². The second kappa shape index (κ2) is 5.88. The molecule has 0 atom stereocenters. The molecule has 0 fully saturated rings. The van der Waals surface area contributed by atoms with E-state index in [2.05, 4.69) is 0 Å². The quantitative estimate of drug-likeness (QED) is 0.834. The molecule has 0 unspecified atom stereocenters. The van der Waals surface area contributed by atoms with Gasteiger partial charge in [0.05, 0.1) is 4.91 Å². The average molecular weight is 315 g/mol. The maximum Gasteiger partial charge on any atom is 0.200 e. The summed E-state index contributed by atoms with van der Waals surface area (Å²) < 4.78 is 0. The molecular weight excluding hydrogens is 304 g/mol. The molecule has 3 rings (SSSR count). The van der Waals surface area contributed by atoms with E-state index < -0.39 is 0 Å². The topological polar surface area (TPSA) is 34.1 Å².